The van der Waals surface area contributed by atoms with Gasteiger partial charge in [0.15, 0.2) is 0 Å². The van der Waals surface area contributed by atoms with Crippen molar-refractivity contribution in [2.45, 2.75) is 13.3 Å². The minimum absolute atomic E-state index is 0. The second-order valence-corrected chi connectivity index (χ2v) is 4.13. The number of hydrogen-bond acceptors (Lipinski definition) is 2. The number of imidazole rings is 1. The Morgan fingerprint density at radius 2 is 2.28 bits per heavy atom. The quantitative estimate of drug-likeness (QED) is 0.874. The Bertz CT molecular complexity index is 539. The van der Waals surface area contributed by atoms with Gasteiger partial charge in [0.2, 0.25) is 5.91 Å². The number of aromatic nitrogens is 2. The van der Waals surface area contributed by atoms with Gasteiger partial charge in [0.25, 0.3) is 0 Å². The number of rotatable bonds is 4. The molecule has 0 bridgehead atoms. The van der Waals surface area contributed by atoms with Crippen LogP contribution in [-0.4, -0.2) is 27.7 Å². The van der Waals surface area contributed by atoms with Gasteiger partial charge in [-0.2, -0.15) is 0 Å². The molecule has 2 rings (SSSR count). The summed E-state index contributed by atoms with van der Waals surface area (Å²) < 4.78 is 2.04. The van der Waals surface area contributed by atoms with E-state index in [2.05, 4.69) is 10.3 Å². The van der Waals surface area contributed by atoms with Gasteiger partial charge in [-0.1, -0.05) is 6.07 Å². The third-order valence-corrected chi connectivity index (χ3v) is 2.81. The van der Waals surface area contributed by atoms with Gasteiger partial charge in [-0.05, 0) is 19.1 Å². The second-order valence-electron chi connectivity index (χ2n) is 3.86. The second kappa shape index (κ2) is 6.61. The minimum Gasteiger partial charge on any atom is -0.355 e. The van der Waals surface area contributed by atoms with Gasteiger partial charge in [-0.3, -0.25) is 4.79 Å². The lowest BCUT2D eigenvalue weighted by atomic mass is 10.3. The Morgan fingerprint density at radius 3 is 2.94 bits per heavy atom. The van der Waals surface area contributed by atoms with Crippen molar-refractivity contribution in [1.82, 2.24) is 14.7 Å². The summed E-state index contributed by atoms with van der Waals surface area (Å²) in [4.78, 5) is 15.4. The number of pyridine rings is 1. The molecule has 0 aliphatic rings. The molecule has 0 fully saturated rings. The van der Waals surface area contributed by atoms with Crippen molar-refractivity contribution < 1.29 is 4.79 Å². The molecule has 2 aromatic heterocycles. The van der Waals surface area contributed by atoms with Crippen LogP contribution in [0, 0.1) is 6.92 Å². The summed E-state index contributed by atoms with van der Waals surface area (Å²) >= 11 is 5.39. The van der Waals surface area contributed by atoms with E-state index in [0.29, 0.717) is 13.0 Å². The molecule has 2 aromatic rings. The summed E-state index contributed by atoms with van der Waals surface area (Å²) in [6.45, 7) is 2.60. The summed E-state index contributed by atoms with van der Waals surface area (Å²) in [6.07, 6.45) is 2.71. The molecule has 6 heteroatoms. The standard InChI is InChI=1S/C12H14ClN3O.ClH/c1-9-3-2-4-11-15-10(8-16(9)11)5-6-14-12(17)7-13;/h2-4,8H,5-7H2,1H3,(H,14,17);1H. The first-order valence-corrected chi connectivity index (χ1v) is 6.00. The number of amides is 1. The van der Waals surface area contributed by atoms with E-state index in [1.54, 1.807) is 0 Å². The van der Waals surface area contributed by atoms with Gasteiger partial charge in [0, 0.05) is 24.9 Å². The fraction of sp³-hybridized carbons (Fsp3) is 0.333. The normalized spacial score (nSPS) is 10.1. The Balaban J connectivity index is 0.00000162. The maximum atomic E-state index is 11.0. The number of carbonyl (C=O) groups excluding carboxylic acids is 1. The summed E-state index contributed by atoms with van der Waals surface area (Å²) in [6, 6.07) is 5.98. The lowest BCUT2D eigenvalue weighted by Gasteiger charge is -1.99. The van der Waals surface area contributed by atoms with Crippen LogP contribution in [-0.2, 0) is 11.2 Å². The molecule has 2 heterocycles. The highest BCUT2D eigenvalue weighted by atomic mass is 35.5. The van der Waals surface area contributed by atoms with Crippen molar-refractivity contribution >= 4 is 35.6 Å². The number of hydrogen-bond donors (Lipinski definition) is 1. The van der Waals surface area contributed by atoms with Crippen molar-refractivity contribution in [2.24, 2.45) is 0 Å². The Kier molecular flexibility index (Phi) is 5.44. The van der Waals surface area contributed by atoms with Crippen LogP contribution in [0.1, 0.15) is 11.4 Å². The van der Waals surface area contributed by atoms with Crippen LogP contribution < -0.4 is 5.32 Å². The number of nitrogens with one attached hydrogen (secondary N) is 1. The van der Waals surface area contributed by atoms with Crippen LogP contribution in [0.2, 0.25) is 0 Å². The zero-order chi connectivity index (χ0) is 12.3. The molecule has 0 saturated carbocycles. The molecule has 0 aromatic carbocycles. The molecule has 0 radical (unpaired) electrons. The summed E-state index contributed by atoms with van der Waals surface area (Å²) in [7, 11) is 0. The van der Waals surface area contributed by atoms with E-state index in [-0.39, 0.29) is 24.2 Å². The van der Waals surface area contributed by atoms with Crippen LogP contribution in [0.5, 0.6) is 0 Å². The molecule has 0 unspecified atom stereocenters. The highest BCUT2D eigenvalue weighted by Gasteiger charge is 2.03. The highest BCUT2D eigenvalue weighted by molar-refractivity contribution is 6.27. The maximum Gasteiger partial charge on any atom is 0.234 e. The third kappa shape index (κ3) is 3.37. The Labute approximate surface area is 117 Å². The van der Waals surface area contributed by atoms with Crippen LogP contribution in [0.4, 0.5) is 0 Å². The van der Waals surface area contributed by atoms with E-state index in [1.807, 2.05) is 35.7 Å². The van der Waals surface area contributed by atoms with Gasteiger partial charge in [0.05, 0.1) is 5.69 Å². The molecule has 0 saturated heterocycles. The van der Waals surface area contributed by atoms with Gasteiger partial charge in [-0.25, -0.2) is 4.98 Å². The molecule has 0 aliphatic carbocycles. The van der Waals surface area contributed by atoms with Crippen LogP contribution in [0.15, 0.2) is 24.4 Å². The summed E-state index contributed by atoms with van der Waals surface area (Å²) in [5.74, 6) is -0.142. The molecular weight excluding hydrogens is 273 g/mol. The molecule has 4 nitrogen and oxygen atoms in total. The number of fused-ring (bicyclic) bond motifs is 1. The fourth-order valence-electron chi connectivity index (χ4n) is 1.70. The van der Waals surface area contributed by atoms with Crippen LogP contribution >= 0.6 is 24.0 Å². The first kappa shape index (κ1) is 14.8. The average Bonchev–Trinajstić information content (AvgIpc) is 2.73. The molecule has 0 spiro atoms. The molecule has 1 N–H and O–H groups in total. The first-order valence-electron chi connectivity index (χ1n) is 5.47. The van der Waals surface area contributed by atoms with E-state index in [1.165, 1.54) is 0 Å². The maximum absolute atomic E-state index is 11.0. The van der Waals surface area contributed by atoms with Crippen molar-refractivity contribution in [3.63, 3.8) is 0 Å². The molecule has 98 valence electrons. The van der Waals surface area contributed by atoms with E-state index in [4.69, 9.17) is 11.6 Å². The molecule has 0 aliphatic heterocycles. The predicted octanol–water partition coefficient (Wildman–Crippen LogP) is 1.96. The summed E-state index contributed by atoms with van der Waals surface area (Å²) in [5, 5.41) is 2.72. The van der Waals surface area contributed by atoms with Crippen molar-refractivity contribution in [3.8, 4) is 0 Å². The largest absolute Gasteiger partial charge is 0.355 e. The third-order valence-electron chi connectivity index (χ3n) is 2.57. The molecule has 1 amide bonds. The number of nitrogens with zero attached hydrogens (tertiary/aromatic N) is 2. The minimum atomic E-state index is -0.147. The zero-order valence-corrected chi connectivity index (χ0v) is 11.6. The first-order chi connectivity index (χ1) is 8.20. The Morgan fingerprint density at radius 1 is 1.50 bits per heavy atom. The van der Waals surface area contributed by atoms with Gasteiger partial charge in [0.1, 0.15) is 11.5 Å². The molecular formula is C12H15Cl2N3O. The van der Waals surface area contributed by atoms with Crippen molar-refractivity contribution in [1.29, 1.82) is 0 Å². The number of alkyl halides is 1. The number of aryl methyl sites for hydroxylation is 1. The monoisotopic (exact) mass is 287 g/mol. The predicted molar refractivity (Wildman–Crippen MR) is 74.6 cm³/mol. The van der Waals surface area contributed by atoms with Crippen molar-refractivity contribution in [2.75, 3.05) is 12.4 Å². The van der Waals surface area contributed by atoms with Crippen LogP contribution in [0.3, 0.4) is 0 Å². The summed E-state index contributed by atoms with van der Waals surface area (Å²) in [5.41, 5.74) is 3.05. The van der Waals surface area contributed by atoms with Crippen LogP contribution in [0.25, 0.3) is 5.65 Å². The number of carbonyl (C=O) groups is 1. The van der Waals surface area contributed by atoms with E-state index < -0.39 is 0 Å². The molecule has 18 heavy (non-hydrogen) atoms. The van der Waals surface area contributed by atoms with Gasteiger partial charge in [-0.15, -0.1) is 24.0 Å². The zero-order valence-electron chi connectivity index (χ0n) is 10.0. The van der Waals surface area contributed by atoms with Gasteiger partial charge < -0.3 is 9.72 Å². The van der Waals surface area contributed by atoms with Gasteiger partial charge >= 0.3 is 0 Å². The molecule has 0 atom stereocenters. The fourth-order valence-corrected chi connectivity index (χ4v) is 1.79. The lowest BCUT2D eigenvalue weighted by molar-refractivity contribution is -0.118. The van der Waals surface area contributed by atoms with Crippen molar-refractivity contribution in [3.05, 3.63) is 35.8 Å². The number of halogens is 2. The van der Waals surface area contributed by atoms with E-state index in [0.717, 1.165) is 17.0 Å². The topological polar surface area (TPSA) is 46.4 Å². The SMILES string of the molecule is Cc1cccc2nc(CCNC(=O)CCl)cn12.Cl. The Hall–Kier alpha value is -1.26. The average molecular weight is 288 g/mol. The van der Waals surface area contributed by atoms with E-state index >= 15 is 0 Å². The lowest BCUT2D eigenvalue weighted by Crippen LogP contribution is -2.26. The smallest absolute Gasteiger partial charge is 0.234 e. The highest BCUT2D eigenvalue weighted by Crippen LogP contribution is 2.08. The van der Waals surface area contributed by atoms with E-state index in [9.17, 15) is 4.79 Å².